The van der Waals surface area contributed by atoms with Crippen LogP contribution in [0.1, 0.15) is 34.0 Å². The van der Waals surface area contributed by atoms with Gasteiger partial charge in [-0.2, -0.15) is 5.21 Å². The second-order valence-corrected chi connectivity index (χ2v) is 6.24. The van der Waals surface area contributed by atoms with Gasteiger partial charge in [0.15, 0.2) is 5.82 Å². The molecule has 6 nitrogen and oxygen atoms in total. The molecule has 0 saturated heterocycles. The van der Waals surface area contributed by atoms with Crippen molar-refractivity contribution in [2.45, 2.75) is 33.1 Å². The molecule has 0 spiro atoms. The molecule has 0 aliphatic rings. The maximum Gasteiger partial charge on any atom is 0.235 e. The number of carbonyl (C=O) groups is 1. The minimum Gasteiger partial charge on any atom is -0.325 e. The molecule has 2 N–H and O–H groups in total. The molecule has 6 heteroatoms. The maximum atomic E-state index is 12.9. The number of carbonyl (C=O) groups excluding carboxylic acids is 1. The normalized spacial score (nSPS) is 12.0. The van der Waals surface area contributed by atoms with E-state index in [9.17, 15) is 4.79 Å². The van der Waals surface area contributed by atoms with Crippen molar-refractivity contribution in [1.82, 2.24) is 20.6 Å². The Hall–Kier alpha value is -3.02. The summed E-state index contributed by atoms with van der Waals surface area (Å²) in [5, 5.41) is 17.1. The average molecular weight is 335 g/mol. The predicted molar refractivity (Wildman–Crippen MR) is 96.3 cm³/mol. The number of hydrogen-bond donors (Lipinski definition) is 2. The lowest BCUT2D eigenvalue weighted by molar-refractivity contribution is -0.117. The summed E-state index contributed by atoms with van der Waals surface area (Å²) in [6.07, 6.45) is 0.517. The fourth-order valence-corrected chi connectivity index (χ4v) is 2.73. The summed E-state index contributed by atoms with van der Waals surface area (Å²) >= 11 is 0. The third-order valence-electron chi connectivity index (χ3n) is 4.45. The zero-order valence-corrected chi connectivity index (χ0v) is 14.6. The van der Waals surface area contributed by atoms with Crippen molar-refractivity contribution in [2.75, 3.05) is 5.32 Å². The van der Waals surface area contributed by atoms with Crippen molar-refractivity contribution in [3.8, 4) is 0 Å². The number of nitrogens with one attached hydrogen (secondary N) is 2. The van der Waals surface area contributed by atoms with Crippen molar-refractivity contribution in [3.63, 3.8) is 0 Å². The SMILES string of the molecule is Cc1ccc(NC(=O)[C@@H](Cc2ccccc2C)c2nn[nH]n2)cc1C. The van der Waals surface area contributed by atoms with Crippen LogP contribution in [0.15, 0.2) is 42.5 Å². The van der Waals surface area contributed by atoms with Crippen LogP contribution < -0.4 is 5.32 Å². The van der Waals surface area contributed by atoms with Crippen molar-refractivity contribution in [1.29, 1.82) is 0 Å². The second-order valence-electron chi connectivity index (χ2n) is 6.24. The lowest BCUT2D eigenvalue weighted by Gasteiger charge is -2.15. The quantitative estimate of drug-likeness (QED) is 0.750. The van der Waals surface area contributed by atoms with E-state index >= 15 is 0 Å². The third-order valence-corrected chi connectivity index (χ3v) is 4.45. The molecule has 0 fully saturated rings. The number of tetrazole rings is 1. The molecule has 1 heterocycles. The summed E-state index contributed by atoms with van der Waals surface area (Å²) in [7, 11) is 0. The topological polar surface area (TPSA) is 83.6 Å². The monoisotopic (exact) mass is 335 g/mol. The molecule has 0 unspecified atom stereocenters. The van der Waals surface area contributed by atoms with Gasteiger partial charge in [-0.05, 0) is 61.6 Å². The van der Waals surface area contributed by atoms with Gasteiger partial charge in [-0.15, -0.1) is 10.2 Å². The van der Waals surface area contributed by atoms with Crippen LogP contribution in [-0.4, -0.2) is 26.5 Å². The fourth-order valence-electron chi connectivity index (χ4n) is 2.73. The summed E-state index contributed by atoms with van der Waals surface area (Å²) in [5.41, 5.74) is 5.31. The molecule has 0 aliphatic heterocycles. The Bertz CT molecular complexity index is 873. The zero-order chi connectivity index (χ0) is 17.8. The Balaban J connectivity index is 1.85. The van der Waals surface area contributed by atoms with E-state index < -0.39 is 5.92 Å². The van der Waals surface area contributed by atoms with Crippen LogP contribution in [0.4, 0.5) is 5.69 Å². The summed E-state index contributed by atoms with van der Waals surface area (Å²) in [5.74, 6) is -0.265. The van der Waals surface area contributed by atoms with Crippen molar-refractivity contribution in [2.24, 2.45) is 0 Å². The molecule has 0 bridgehead atoms. The number of anilines is 1. The van der Waals surface area contributed by atoms with Gasteiger partial charge in [-0.3, -0.25) is 4.79 Å². The number of nitrogens with zero attached hydrogens (tertiary/aromatic N) is 3. The van der Waals surface area contributed by atoms with E-state index in [1.165, 1.54) is 5.56 Å². The summed E-state index contributed by atoms with van der Waals surface area (Å²) in [4.78, 5) is 12.9. The Labute approximate surface area is 146 Å². The zero-order valence-electron chi connectivity index (χ0n) is 14.6. The molecule has 128 valence electrons. The summed E-state index contributed by atoms with van der Waals surface area (Å²) in [6.45, 7) is 6.10. The van der Waals surface area contributed by atoms with Gasteiger partial charge in [0, 0.05) is 5.69 Å². The molecule has 2 aromatic carbocycles. The molecule has 0 aliphatic carbocycles. The van der Waals surface area contributed by atoms with E-state index in [-0.39, 0.29) is 5.91 Å². The first-order chi connectivity index (χ1) is 12.0. The van der Waals surface area contributed by atoms with Crippen LogP contribution >= 0.6 is 0 Å². The van der Waals surface area contributed by atoms with Crippen LogP contribution in [-0.2, 0) is 11.2 Å². The van der Waals surface area contributed by atoms with Crippen molar-refractivity contribution in [3.05, 3.63) is 70.5 Å². The van der Waals surface area contributed by atoms with Crippen LogP contribution in [0.2, 0.25) is 0 Å². The van der Waals surface area contributed by atoms with Gasteiger partial charge >= 0.3 is 0 Å². The molecule has 3 aromatic rings. The second kappa shape index (κ2) is 7.25. The predicted octanol–water partition coefficient (Wildman–Crippen LogP) is 3.09. The Morgan fingerprint density at radius 1 is 1.08 bits per heavy atom. The molecular weight excluding hydrogens is 314 g/mol. The van der Waals surface area contributed by atoms with Crippen LogP contribution in [0.3, 0.4) is 0 Å². The highest BCUT2D eigenvalue weighted by atomic mass is 16.1. The van der Waals surface area contributed by atoms with E-state index in [0.29, 0.717) is 12.2 Å². The first-order valence-electron chi connectivity index (χ1n) is 8.20. The van der Waals surface area contributed by atoms with E-state index in [1.54, 1.807) is 0 Å². The highest BCUT2D eigenvalue weighted by molar-refractivity contribution is 5.95. The van der Waals surface area contributed by atoms with Crippen LogP contribution in [0, 0.1) is 20.8 Å². The molecule has 1 aromatic heterocycles. The molecule has 25 heavy (non-hydrogen) atoms. The standard InChI is InChI=1S/C19H21N5O/c1-12-8-9-16(10-14(12)3)20-19(25)17(18-21-23-24-22-18)11-15-7-5-4-6-13(15)2/h4-10,17H,11H2,1-3H3,(H,20,25)(H,21,22,23,24)/t17-/m0/s1. The number of hydrogen-bond acceptors (Lipinski definition) is 4. The van der Waals surface area contributed by atoms with Gasteiger partial charge in [0.05, 0.1) is 0 Å². The molecule has 0 radical (unpaired) electrons. The van der Waals surface area contributed by atoms with E-state index in [1.807, 2.05) is 63.2 Å². The molecule has 1 amide bonds. The largest absolute Gasteiger partial charge is 0.325 e. The van der Waals surface area contributed by atoms with Crippen LogP contribution in [0.25, 0.3) is 0 Å². The number of aryl methyl sites for hydroxylation is 3. The molecule has 0 saturated carbocycles. The Kier molecular flexibility index (Phi) is 4.88. The number of benzene rings is 2. The van der Waals surface area contributed by atoms with E-state index in [4.69, 9.17) is 0 Å². The molecular formula is C19H21N5O. The fraction of sp³-hybridized carbons (Fsp3) is 0.263. The first kappa shape index (κ1) is 16.8. The van der Waals surface area contributed by atoms with Gasteiger partial charge in [0.2, 0.25) is 5.91 Å². The third kappa shape index (κ3) is 3.91. The molecule has 3 rings (SSSR count). The summed E-state index contributed by atoms with van der Waals surface area (Å²) in [6, 6.07) is 13.9. The Morgan fingerprint density at radius 2 is 1.88 bits per heavy atom. The van der Waals surface area contributed by atoms with E-state index in [0.717, 1.165) is 22.4 Å². The van der Waals surface area contributed by atoms with Gasteiger partial charge < -0.3 is 5.32 Å². The first-order valence-corrected chi connectivity index (χ1v) is 8.20. The number of amides is 1. The number of rotatable bonds is 5. The van der Waals surface area contributed by atoms with Gasteiger partial charge in [-0.25, -0.2) is 0 Å². The lowest BCUT2D eigenvalue weighted by atomic mass is 9.94. The number of H-pyrrole nitrogens is 1. The average Bonchev–Trinajstić information content (AvgIpc) is 3.11. The number of aromatic nitrogens is 4. The van der Waals surface area contributed by atoms with Crippen LogP contribution in [0.5, 0.6) is 0 Å². The maximum absolute atomic E-state index is 12.9. The number of aromatic amines is 1. The smallest absolute Gasteiger partial charge is 0.235 e. The highest BCUT2D eigenvalue weighted by Crippen LogP contribution is 2.22. The van der Waals surface area contributed by atoms with Gasteiger partial charge in [-0.1, -0.05) is 35.5 Å². The highest BCUT2D eigenvalue weighted by Gasteiger charge is 2.26. The van der Waals surface area contributed by atoms with Gasteiger partial charge in [0.1, 0.15) is 5.92 Å². The lowest BCUT2D eigenvalue weighted by Crippen LogP contribution is -2.24. The van der Waals surface area contributed by atoms with E-state index in [2.05, 4.69) is 25.9 Å². The minimum atomic E-state index is -0.513. The Morgan fingerprint density at radius 3 is 2.56 bits per heavy atom. The molecule has 1 atom stereocenters. The van der Waals surface area contributed by atoms with Crippen molar-refractivity contribution >= 4 is 11.6 Å². The van der Waals surface area contributed by atoms with Crippen molar-refractivity contribution < 1.29 is 4.79 Å². The summed E-state index contributed by atoms with van der Waals surface area (Å²) < 4.78 is 0. The van der Waals surface area contributed by atoms with Gasteiger partial charge in [0.25, 0.3) is 0 Å². The minimum absolute atomic E-state index is 0.145.